The molecule has 82 valence electrons. The zero-order valence-electron chi connectivity index (χ0n) is 9.75. The van der Waals surface area contributed by atoms with E-state index in [0.29, 0.717) is 0 Å². The quantitative estimate of drug-likeness (QED) is 0.763. The number of aliphatic hydroxyl groups is 1. The second-order valence-electron chi connectivity index (χ2n) is 4.09. The molecular formula is C13H19NO. The third-order valence-corrected chi connectivity index (χ3v) is 2.36. The fourth-order valence-corrected chi connectivity index (χ4v) is 1.73. The van der Waals surface area contributed by atoms with Gasteiger partial charge in [0, 0.05) is 19.3 Å². The van der Waals surface area contributed by atoms with Crippen molar-refractivity contribution in [2.24, 2.45) is 0 Å². The lowest BCUT2D eigenvalue weighted by molar-refractivity contribution is 0.282. The summed E-state index contributed by atoms with van der Waals surface area (Å²) in [5, 5.41) is 9.01. The standard InChI is InChI=1S/C13H19NO/c1-10(2)8-14(4)13-6-5-12(9-15)7-11(13)3/h5-7,15H,1,8-9H2,2-4H3. The molecule has 0 spiro atoms. The summed E-state index contributed by atoms with van der Waals surface area (Å²) < 4.78 is 0. The van der Waals surface area contributed by atoms with Crippen molar-refractivity contribution in [1.82, 2.24) is 0 Å². The number of aryl methyl sites for hydroxylation is 1. The fourth-order valence-electron chi connectivity index (χ4n) is 1.73. The maximum absolute atomic E-state index is 9.01. The first-order valence-electron chi connectivity index (χ1n) is 5.10. The molecule has 0 aliphatic heterocycles. The van der Waals surface area contributed by atoms with Crippen LogP contribution in [0, 0.1) is 6.92 Å². The summed E-state index contributed by atoms with van der Waals surface area (Å²) in [6.07, 6.45) is 0. The summed E-state index contributed by atoms with van der Waals surface area (Å²) in [5.41, 5.74) is 4.48. The van der Waals surface area contributed by atoms with Crippen molar-refractivity contribution in [3.8, 4) is 0 Å². The lowest BCUT2D eigenvalue weighted by Gasteiger charge is -2.21. The molecule has 0 aliphatic carbocycles. The molecule has 2 nitrogen and oxygen atoms in total. The lowest BCUT2D eigenvalue weighted by Crippen LogP contribution is -2.19. The Morgan fingerprint density at radius 2 is 2.13 bits per heavy atom. The van der Waals surface area contributed by atoms with Crippen LogP contribution in [0.4, 0.5) is 5.69 Å². The number of benzene rings is 1. The number of anilines is 1. The molecule has 0 heterocycles. The van der Waals surface area contributed by atoms with Gasteiger partial charge in [0.2, 0.25) is 0 Å². The molecule has 0 radical (unpaired) electrons. The van der Waals surface area contributed by atoms with Crippen molar-refractivity contribution in [2.45, 2.75) is 20.5 Å². The van der Waals surface area contributed by atoms with Gasteiger partial charge in [0.1, 0.15) is 0 Å². The van der Waals surface area contributed by atoms with Gasteiger partial charge in [-0.3, -0.25) is 0 Å². The van der Waals surface area contributed by atoms with Crippen molar-refractivity contribution in [3.05, 3.63) is 41.5 Å². The van der Waals surface area contributed by atoms with E-state index >= 15 is 0 Å². The average Bonchev–Trinajstić information content (AvgIpc) is 2.16. The molecule has 0 saturated carbocycles. The van der Waals surface area contributed by atoms with E-state index in [4.69, 9.17) is 5.11 Å². The molecular weight excluding hydrogens is 186 g/mol. The Labute approximate surface area is 91.9 Å². The first-order valence-corrected chi connectivity index (χ1v) is 5.10. The molecule has 1 aromatic carbocycles. The van der Waals surface area contributed by atoms with E-state index in [1.54, 1.807) is 0 Å². The summed E-state index contributed by atoms with van der Waals surface area (Å²) in [6, 6.07) is 6.02. The van der Waals surface area contributed by atoms with Gasteiger partial charge in [-0.1, -0.05) is 24.3 Å². The predicted molar refractivity (Wildman–Crippen MR) is 65.2 cm³/mol. The highest BCUT2D eigenvalue weighted by atomic mass is 16.3. The summed E-state index contributed by atoms with van der Waals surface area (Å²) >= 11 is 0. The normalized spacial score (nSPS) is 10.1. The van der Waals surface area contributed by atoms with Crippen LogP contribution in [0.1, 0.15) is 18.1 Å². The van der Waals surface area contributed by atoms with Crippen molar-refractivity contribution >= 4 is 5.69 Å². The Bertz CT molecular complexity index is 358. The maximum Gasteiger partial charge on any atom is 0.0681 e. The summed E-state index contributed by atoms with van der Waals surface area (Å²) in [4.78, 5) is 2.17. The zero-order chi connectivity index (χ0) is 11.4. The third kappa shape index (κ3) is 3.10. The van der Waals surface area contributed by atoms with E-state index in [1.807, 2.05) is 25.1 Å². The van der Waals surface area contributed by atoms with Crippen LogP contribution in [0.3, 0.4) is 0 Å². The maximum atomic E-state index is 9.01. The Morgan fingerprint density at radius 3 is 2.60 bits per heavy atom. The first kappa shape index (κ1) is 11.8. The highest BCUT2D eigenvalue weighted by molar-refractivity contribution is 5.54. The van der Waals surface area contributed by atoms with Crippen molar-refractivity contribution in [3.63, 3.8) is 0 Å². The van der Waals surface area contributed by atoms with E-state index in [1.165, 1.54) is 11.3 Å². The van der Waals surface area contributed by atoms with E-state index in [0.717, 1.165) is 17.7 Å². The van der Waals surface area contributed by atoms with Gasteiger partial charge in [-0.25, -0.2) is 0 Å². The van der Waals surface area contributed by atoms with Gasteiger partial charge in [0.25, 0.3) is 0 Å². The molecule has 0 amide bonds. The number of hydrogen-bond acceptors (Lipinski definition) is 2. The molecule has 0 saturated heterocycles. The van der Waals surface area contributed by atoms with E-state index in [2.05, 4.69) is 25.5 Å². The van der Waals surface area contributed by atoms with Gasteiger partial charge in [0.05, 0.1) is 6.61 Å². The van der Waals surface area contributed by atoms with Gasteiger partial charge in [0.15, 0.2) is 0 Å². The smallest absolute Gasteiger partial charge is 0.0681 e. The summed E-state index contributed by atoms with van der Waals surface area (Å²) in [7, 11) is 2.05. The number of hydrogen-bond donors (Lipinski definition) is 1. The summed E-state index contributed by atoms with van der Waals surface area (Å²) in [6.45, 7) is 8.95. The second-order valence-corrected chi connectivity index (χ2v) is 4.09. The molecule has 0 fully saturated rings. The molecule has 1 rings (SSSR count). The Morgan fingerprint density at radius 1 is 1.47 bits per heavy atom. The van der Waals surface area contributed by atoms with Gasteiger partial charge >= 0.3 is 0 Å². The molecule has 0 aliphatic rings. The van der Waals surface area contributed by atoms with Crippen LogP contribution in [0.25, 0.3) is 0 Å². The lowest BCUT2D eigenvalue weighted by atomic mass is 10.1. The van der Waals surface area contributed by atoms with Gasteiger partial charge in [-0.15, -0.1) is 0 Å². The molecule has 15 heavy (non-hydrogen) atoms. The number of rotatable bonds is 4. The average molecular weight is 205 g/mol. The highest BCUT2D eigenvalue weighted by Crippen LogP contribution is 2.20. The largest absolute Gasteiger partial charge is 0.392 e. The van der Waals surface area contributed by atoms with Crippen LogP contribution >= 0.6 is 0 Å². The fraction of sp³-hybridized carbons (Fsp3) is 0.385. The van der Waals surface area contributed by atoms with Crippen LogP contribution < -0.4 is 4.90 Å². The monoisotopic (exact) mass is 205 g/mol. The number of aliphatic hydroxyl groups excluding tert-OH is 1. The van der Waals surface area contributed by atoms with Crippen LogP contribution in [0.2, 0.25) is 0 Å². The molecule has 0 unspecified atom stereocenters. The van der Waals surface area contributed by atoms with Crippen LogP contribution in [-0.2, 0) is 6.61 Å². The van der Waals surface area contributed by atoms with Gasteiger partial charge < -0.3 is 10.0 Å². The van der Waals surface area contributed by atoms with Gasteiger partial charge in [-0.2, -0.15) is 0 Å². The Kier molecular flexibility index (Phi) is 3.92. The zero-order valence-corrected chi connectivity index (χ0v) is 9.75. The van der Waals surface area contributed by atoms with Crippen molar-refractivity contribution in [1.29, 1.82) is 0 Å². The summed E-state index contributed by atoms with van der Waals surface area (Å²) in [5.74, 6) is 0. The van der Waals surface area contributed by atoms with Crippen LogP contribution in [0.15, 0.2) is 30.4 Å². The molecule has 0 bridgehead atoms. The van der Waals surface area contributed by atoms with Crippen LogP contribution in [0.5, 0.6) is 0 Å². The minimum atomic E-state index is 0.103. The predicted octanol–water partition coefficient (Wildman–Crippen LogP) is 2.50. The van der Waals surface area contributed by atoms with Gasteiger partial charge in [-0.05, 0) is 31.0 Å². The first-order chi connectivity index (χ1) is 7.04. The topological polar surface area (TPSA) is 23.5 Å². The highest BCUT2D eigenvalue weighted by Gasteiger charge is 2.04. The third-order valence-electron chi connectivity index (χ3n) is 2.36. The van der Waals surface area contributed by atoms with Crippen LogP contribution in [-0.4, -0.2) is 18.7 Å². The second kappa shape index (κ2) is 4.99. The SMILES string of the molecule is C=C(C)CN(C)c1ccc(CO)cc1C. The van der Waals surface area contributed by atoms with Crippen molar-refractivity contribution in [2.75, 3.05) is 18.5 Å². The molecule has 1 aromatic rings. The molecule has 0 aromatic heterocycles. The number of likely N-dealkylation sites (N-methyl/N-ethyl adjacent to an activating group) is 1. The molecule has 2 heteroatoms. The van der Waals surface area contributed by atoms with Crippen molar-refractivity contribution < 1.29 is 5.11 Å². The minimum Gasteiger partial charge on any atom is -0.392 e. The van der Waals surface area contributed by atoms with E-state index in [9.17, 15) is 0 Å². The Hall–Kier alpha value is -1.28. The molecule has 0 atom stereocenters. The number of nitrogens with zero attached hydrogens (tertiary/aromatic N) is 1. The molecule has 1 N–H and O–H groups in total. The Balaban J connectivity index is 2.90. The minimum absolute atomic E-state index is 0.103. The van der Waals surface area contributed by atoms with E-state index in [-0.39, 0.29) is 6.61 Å². The van der Waals surface area contributed by atoms with E-state index < -0.39 is 0 Å².